The van der Waals surface area contributed by atoms with Crippen molar-refractivity contribution in [2.24, 2.45) is 5.92 Å². The standard InChI is InChI=1S/C11H18O2/c1-3-8(2)10-6-9(12)4-5-11(10)7-13-11/h3,9-10,12H,4-7H2,1-2H3/b8-3+/t9-,10-,11+/m1/s1. The average Bonchev–Trinajstić information content (AvgIpc) is 2.90. The van der Waals surface area contributed by atoms with Crippen LogP contribution in [0.5, 0.6) is 0 Å². The van der Waals surface area contributed by atoms with Crippen LogP contribution in [0.3, 0.4) is 0 Å². The van der Waals surface area contributed by atoms with Gasteiger partial charge >= 0.3 is 0 Å². The zero-order valence-corrected chi connectivity index (χ0v) is 8.42. The molecule has 1 saturated carbocycles. The van der Waals surface area contributed by atoms with E-state index < -0.39 is 0 Å². The molecule has 2 heteroatoms. The summed E-state index contributed by atoms with van der Waals surface area (Å²) in [5, 5.41) is 9.60. The summed E-state index contributed by atoms with van der Waals surface area (Å²) >= 11 is 0. The maximum atomic E-state index is 9.60. The van der Waals surface area contributed by atoms with Gasteiger partial charge in [0.1, 0.15) is 0 Å². The highest BCUT2D eigenvalue weighted by molar-refractivity contribution is 5.16. The molecule has 1 saturated heterocycles. The summed E-state index contributed by atoms with van der Waals surface area (Å²) in [4.78, 5) is 0. The Morgan fingerprint density at radius 1 is 1.62 bits per heavy atom. The minimum Gasteiger partial charge on any atom is -0.393 e. The van der Waals surface area contributed by atoms with Crippen molar-refractivity contribution in [3.63, 3.8) is 0 Å². The highest BCUT2D eigenvalue weighted by atomic mass is 16.6. The van der Waals surface area contributed by atoms with Crippen LogP contribution >= 0.6 is 0 Å². The number of rotatable bonds is 1. The maximum Gasteiger partial charge on any atom is 0.0983 e. The molecule has 1 N–H and O–H groups in total. The summed E-state index contributed by atoms with van der Waals surface area (Å²) in [5.41, 5.74) is 1.49. The molecule has 0 aromatic heterocycles. The molecular weight excluding hydrogens is 164 g/mol. The van der Waals surface area contributed by atoms with Crippen LogP contribution in [-0.2, 0) is 4.74 Å². The minimum absolute atomic E-state index is 0.116. The van der Waals surface area contributed by atoms with Gasteiger partial charge < -0.3 is 9.84 Å². The predicted octanol–water partition coefficient (Wildman–Crippen LogP) is 1.88. The maximum absolute atomic E-state index is 9.60. The molecule has 0 amide bonds. The summed E-state index contributed by atoms with van der Waals surface area (Å²) < 4.78 is 5.57. The van der Waals surface area contributed by atoms with Crippen molar-refractivity contribution in [3.05, 3.63) is 11.6 Å². The molecule has 2 aliphatic rings. The van der Waals surface area contributed by atoms with Gasteiger partial charge in [-0.05, 0) is 33.1 Å². The van der Waals surface area contributed by atoms with Crippen LogP contribution in [-0.4, -0.2) is 23.4 Å². The van der Waals surface area contributed by atoms with Crippen LogP contribution in [0.25, 0.3) is 0 Å². The van der Waals surface area contributed by atoms with Crippen molar-refractivity contribution < 1.29 is 9.84 Å². The predicted molar refractivity (Wildman–Crippen MR) is 51.5 cm³/mol. The van der Waals surface area contributed by atoms with Gasteiger partial charge in [0, 0.05) is 5.92 Å². The fourth-order valence-electron chi connectivity index (χ4n) is 2.43. The van der Waals surface area contributed by atoms with Crippen LogP contribution in [0.15, 0.2) is 11.6 Å². The fraction of sp³-hybridized carbons (Fsp3) is 0.818. The van der Waals surface area contributed by atoms with Crippen LogP contribution in [0.4, 0.5) is 0 Å². The number of hydrogen-bond donors (Lipinski definition) is 1. The van der Waals surface area contributed by atoms with Crippen molar-refractivity contribution in [2.45, 2.75) is 44.8 Å². The third-order valence-corrected chi connectivity index (χ3v) is 3.56. The van der Waals surface area contributed by atoms with Gasteiger partial charge in [-0.15, -0.1) is 0 Å². The van der Waals surface area contributed by atoms with E-state index in [0.29, 0.717) is 5.92 Å². The lowest BCUT2D eigenvalue weighted by molar-refractivity contribution is 0.0616. The number of allylic oxidation sites excluding steroid dienone is 1. The lowest BCUT2D eigenvalue weighted by Crippen LogP contribution is -2.35. The Bertz CT molecular complexity index is 228. The molecule has 0 aromatic carbocycles. The Balaban J connectivity index is 2.13. The summed E-state index contributed by atoms with van der Waals surface area (Å²) in [7, 11) is 0. The van der Waals surface area contributed by atoms with Gasteiger partial charge in [-0.3, -0.25) is 0 Å². The number of epoxide rings is 1. The first-order valence-corrected chi connectivity index (χ1v) is 5.13. The van der Waals surface area contributed by atoms with E-state index >= 15 is 0 Å². The van der Waals surface area contributed by atoms with Crippen molar-refractivity contribution in [1.82, 2.24) is 0 Å². The molecule has 74 valence electrons. The lowest BCUT2D eigenvalue weighted by Gasteiger charge is -2.32. The molecule has 3 atom stereocenters. The zero-order valence-electron chi connectivity index (χ0n) is 8.42. The first kappa shape index (κ1) is 9.22. The highest BCUT2D eigenvalue weighted by Crippen LogP contribution is 2.48. The number of ether oxygens (including phenoxy) is 1. The molecule has 2 rings (SSSR count). The van der Waals surface area contributed by atoms with Crippen LogP contribution in [0.1, 0.15) is 33.1 Å². The van der Waals surface area contributed by atoms with Crippen molar-refractivity contribution >= 4 is 0 Å². The lowest BCUT2D eigenvalue weighted by atomic mass is 9.74. The van der Waals surface area contributed by atoms with Gasteiger partial charge in [0.25, 0.3) is 0 Å². The topological polar surface area (TPSA) is 32.8 Å². The second kappa shape index (κ2) is 3.10. The first-order valence-electron chi connectivity index (χ1n) is 5.13. The zero-order chi connectivity index (χ0) is 9.47. The van der Waals surface area contributed by atoms with Gasteiger partial charge in [-0.2, -0.15) is 0 Å². The van der Waals surface area contributed by atoms with Crippen molar-refractivity contribution in [3.8, 4) is 0 Å². The first-order chi connectivity index (χ1) is 6.18. The molecule has 0 radical (unpaired) electrons. The summed E-state index contributed by atoms with van der Waals surface area (Å²) in [6.45, 7) is 5.11. The molecule has 0 unspecified atom stereocenters. The van der Waals surface area contributed by atoms with E-state index in [1.165, 1.54) is 5.57 Å². The Morgan fingerprint density at radius 3 is 2.85 bits per heavy atom. The monoisotopic (exact) mass is 182 g/mol. The molecule has 13 heavy (non-hydrogen) atoms. The van der Waals surface area contributed by atoms with E-state index in [2.05, 4.69) is 19.9 Å². The van der Waals surface area contributed by atoms with Crippen LogP contribution < -0.4 is 0 Å². The van der Waals surface area contributed by atoms with E-state index in [1.54, 1.807) is 0 Å². The van der Waals surface area contributed by atoms with E-state index in [9.17, 15) is 5.11 Å². The van der Waals surface area contributed by atoms with Crippen molar-refractivity contribution in [2.75, 3.05) is 6.61 Å². The van der Waals surface area contributed by atoms with E-state index in [0.717, 1.165) is 25.9 Å². The van der Waals surface area contributed by atoms with Crippen LogP contribution in [0.2, 0.25) is 0 Å². The summed E-state index contributed by atoms with van der Waals surface area (Å²) in [6, 6.07) is 0. The van der Waals surface area contributed by atoms with Gasteiger partial charge in [0.05, 0.1) is 18.3 Å². The Morgan fingerprint density at radius 2 is 2.31 bits per heavy atom. The number of aliphatic hydroxyl groups excluding tert-OH is 1. The molecular formula is C11H18O2. The molecule has 0 aromatic rings. The minimum atomic E-state index is -0.116. The Hall–Kier alpha value is -0.340. The summed E-state index contributed by atoms with van der Waals surface area (Å²) in [6.07, 6.45) is 4.86. The Labute approximate surface area is 79.6 Å². The van der Waals surface area contributed by atoms with E-state index in [-0.39, 0.29) is 11.7 Å². The second-order valence-corrected chi connectivity index (χ2v) is 4.37. The second-order valence-electron chi connectivity index (χ2n) is 4.37. The number of aliphatic hydroxyl groups is 1. The van der Waals surface area contributed by atoms with Gasteiger partial charge in [-0.25, -0.2) is 0 Å². The summed E-state index contributed by atoms with van der Waals surface area (Å²) in [5.74, 6) is 0.459. The third kappa shape index (κ3) is 1.53. The molecule has 0 bridgehead atoms. The highest BCUT2D eigenvalue weighted by Gasteiger charge is 2.54. The molecule has 2 nitrogen and oxygen atoms in total. The number of hydrogen-bond acceptors (Lipinski definition) is 2. The normalized spacial score (nSPS) is 45.3. The molecule has 1 spiro atoms. The molecule has 1 heterocycles. The average molecular weight is 182 g/mol. The SMILES string of the molecule is C/C=C(\C)[C@H]1C[C@H](O)CC[C@]12CO2. The van der Waals surface area contributed by atoms with Gasteiger partial charge in [0.15, 0.2) is 0 Å². The van der Waals surface area contributed by atoms with E-state index in [4.69, 9.17) is 4.74 Å². The van der Waals surface area contributed by atoms with E-state index in [1.807, 2.05) is 0 Å². The quantitative estimate of drug-likeness (QED) is 0.496. The van der Waals surface area contributed by atoms with Gasteiger partial charge in [-0.1, -0.05) is 11.6 Å². The molecule has 2 fully saturated rings. The fourth-order valence-corrected chi connectivity index (χ4v) is 2.43. The van der Waals surface area contributed by atoms with Crippen molar-refractivity contribution in [1.29, 1.82) is 0 Å². The Kier molecular flexibility index (Phi) is 2.20. The third-order valence-electron chi connectivity index (χ3n) is 3.56. The smallest absolute Gasteiger partial charge is 0.0983 e. The molecule has 1 aliphatic carbocycles. The van der Waals surface area contributed by atoms with Crippen LogP contribution in [0, 0.1) is 5.92 Å². The van der Waals surface area contributed by atoms with Gasteiger partial charge in [0.2, 0.25) is 0 Å². The largest absolute Gasteiger partial charge is 0.393 e. The molecule has 1 aliphatic heterocycles.